The lowest BCUT2D eigenvalue weighted by molar-refractivity contribution is 0.628. The summed E-state index contributed by atoms with van der Waals surface area (Å²) in [4.78, 5) is 43.1. The normalized spacial score (nSPS) is 12.7. The Kier molecular flexibility index (Phi) is 9.22. The summed E-state index contributed by atoms with van der Waals surface area (Å²) in [5.74, 6) is 0.476. The molecule has 0 spiro atoms. The smallest absolute Gasteiger partial charge is 0.183 e. The van der Waals surface area contributed by atoms with Crippen molar-refractivity contribution in [3.8, 4) is 33.6 Å². The first-order valence-corrected chi connectivity index (χ1v) is 19.6. The number of hydrogen-bond acceptors (Lipinski definition) is 10. The van der Waals surface area contributed by atoms with Crippen LogP contribution in [0.15, 0.2) is 110 Å². The van der Waals surface area contributed by atoms with Crippen molar-refractivity contribution in [2.45, 2.75) is 25.9 Å². The molecule has 0 aliphatic heterocycles. The summed E-state index contributed by atoms with van der Waals surface area (Å²) in [6, 6.07) is 25.0. The summed E-state index contributed by atoms with van der Waals surface area (Å²) in [7, 11) is 0. The van der Waals surface area contributed by atoms with Crippen LogP contribution < -0.4 is 10.6 Å². The van der Waals surface area contributed by atoms with Crippen molar-refractivity contribution in [3.05, 3.63) is 143 Å². The number of fused-ring (bicyclic) bond motifs is 4. The zero-order valence-corrected chi connectivity index (χ0v) is 33.1. The van der Waals surface area contributed by atoms with Crippen LogP contribution >= 0.6 is 23.2 Å². The average Bonchev–Trinajstić information content (AvgIpc) is 3.92. The maximum absolute atomic E-state index is 15.8. The standard InChI is InChI=1S/C44H30Cl2F2N12/c1-21(36-28(23-6-3-7-26(47)13-23)16-30-32(45)8-4-10-34(30)57-36)56-43-39-44(54-20-53-43)60-40(59-39)25-12-24(14-27(48)15-25)29-17-31-33(46)9-5-11-35(31)58-37(29)22(2)55-42-38-41(50-18-49-38)51-19-52-42/h3-22H,1-2H3,(H2,49,50,51,52,55)(H2,53,54,56,59,60)/t21-,22+/m0/s1. The number of imidazole rings is 2. The summed E-state index contributed by atoms with van der Waals surface area (Å²) in [5.41, 5.74) is 7.66. The Hall–Kier alpha value is -7.16. The maximum atomic E-state index is 15.8. The molecule has 0 saturated carbocycles. The van der Waals surface area contributed by atoms with E-state index in [1.807, 2.05) is 62.4 Å². The number of nitrogens with one attached hydrogen (secondary N) is 4. The molecule has 0 saturated heterocycles. The van der Waals surface area contributed by atoms with Crippen LogP contribution in [0.3, 0.4) is 0 Å². The first-order valence-electron chi connectivity index (χ1n) is 18.8. The van der Waals surface area contributed by atoms with Gasteiger partial charge in [0, 0.05) is 37.5 Å². The van der Waals surface area contributed by atoms with Gasteiger partial charge in [0.2, 0.25) is 0 Å². The number of hydrogen-bond donors (Lipinski definition) is 4. The number of halogens is 4. The van der Waals surface area contributed by atoms with E-state index >= 15 is 4.39 Å². The van der Waals surface area contributed by atoms with Crippen LogP contribution in [0.2, 0.25) is 10.0 Å². The van der Waals surface area contributed by atoms with E-state index in [1.165, 1.54) is 36.9 Å². The highest BCUT2D eigenvalue weighted by atomic mass is 35.5. The first kappa shape index (κ1) is 37.1. The van der Waals surface area contributed by atoms with Gasteiger partial charge in [-0.1, -0.05) is 47.5 Å². The van der Waals surface area contributed by atoms with Gasteiger partial charge in [0.1, 0.15) is 41.1 Å². The van der Waals surface area contributed by atoms with Gasteiger partial charge >= 0.3 is 0 Å². The van der Waals surface area contributed by atoms with Crippen molar-refractivity contribution in [2.24, 2.45) is 0 Å². The number of nitrogens with zero attached hydrogens (tertiary/aromatic N) is 8. The second-order valence-corrected chi connectivity index (χ2v) is 15.1. The fourth-order valence-corrected chi connectivity index (χ4v) is 7.95. The summed E-state index contributed by atoms with van der Waals surface area (Å²) >= 11 is 13.3. The third kappa shape index (κ3) is 6.74. The minimum Gasteiger partial charge on any atom is -0.360 e. The number of aromatic amines is 2. The highest BCUT2D eigenvalue weighted by molar-refractivity contribution is 6.36. The lowest BCUT2D eigenvalue weighted by atomic mass is 9.96. The summed E-state index contributed by atoms with van der Waals surface area (Å²) < 4.78 is 30.3. The van der Waals surface area contributed by atoms with E-state index in [4.69, 9.17) is 38.2 Å². The molecule has 0 unspecified atom stereocenters. The molecular weight excluding hydrogens is 805 g/mol. The van der Waals surface area contributed by atoms with Crippen molar-refractivity contribution in [3.63, 3.8) is 0 Å². The molecule has 2 atom stereocenters. The van der Waals surface area contributed by atoms with Crippen molar-refractivity contribution in [1.29, 1.82) is 0 Å². The van der Waals surface area contributed by atoms with Crippen LogP contribution in [-0.4, -0.2) is 49.8 Å². The molecule has 12 nitrogen and oxygen atoms in total. The zero-order valence-electron chi connectivity index (χ0n) is 31.6. The van der Waals surface area contributed by atoms with E-state index in [0.29, 0.717) is 105 Å². The van der Waals surface area contributed by atoms with Gasteiger partial charge in [-0.05, 0) is 91.7 Å². The molecule has 0 radical (unpaired) electrons. The van der Waals surface area contributed by atoms with Crippen molar-refractivity contribution >= 4 is 79.0 Å². The predicted molar refractivity (Wildman–Crippen MR) is 231 cm³/mol. The van der Waals surface area contributed by atoms with Crippen LogP contribution in [0, 0.1) is 11.6 Å². The SMILES string of the molecule is C[C@H](Nc1ncnc2nc(-c3cc(F)cc(-c4cc5c(Cl)cccc5nc4[C@@H](C)Nc4ncnc5nc[nH]c45)c3)[nH]c12)c1nc2cccc(Cl)c2cc1-c1cccc(F)c1. The Balaban J connectivity index is 1.03. The molecule has 0 aliphatic carbocycles. The van der Waals surface area contributed by atoms with E-state index in [2.05, 4.69) is 45.5 Å². The molecule has 6 aromatic heterocycles. The highest BCUT2D eigenvalue weighted by Gasteiger charge is 2.23. The average molecular weight is 836 g/mol. The molecule has 16 heteroatoms. The molecule has 294 valence electrons. The quantitative estimate of drug-likeness (QED) is 0.110. The Bertz CT molecular complexity index is 3300. The topological polar surface area (TPSA) is 159 Å². The molecular formula is C44H30Cl2F2N12. The number of rotatable bonds is 9. The highest BCUT2D eigenvalue weighted by Crippen LogP contribution is 2.38. The largest absolute Gasteiger partial charge is 0.360 e. The second-order valence-electron chi connectivity index (χ2n) is 14.3. The molecule has 0 fully saturated rings. The van der Waals surface area contributed by atoms with Gasteiger partial charge in [-0.25, -0.2) is 48.7 Å². The zero-order chi connectivity index (χ0) is 41.1. The lowest BCUT2D eigenvalue weighted by Crippen LogP contribution is -2.12. The van der Waals surface area contributed by atoms with Crippen LogP contribution in [0.5, 0.6) is 0 Å². The van der Waals surface area contributed by atoms with E-state index in [9.17, 15) is 4.39 Å². The van der Waals surface area contributed by atoms with Crippen molar-refractivity contribution in [2.75, 3.05) is 10.6 Å². The maximum Gasteiger partial charge on any atom is 0.183 e. The van der Waals surface area contributed by atoms with E-state index in [0.717, 1.165) is 5.39 Å². The number of benzene rings is 4. The number of pyridine rings is 2. The summed E-state index contributed by atoms with van der Waals surface area (Å²) in [5, 5.41) is 9.40. The molecule has 6 heterocycles. The van der Waals surface area contributed by atoms with Gasteiger partial charge in [0.25, 0.3) is 0 Å². The molecule has 0 bridgehead atoms. The molecule has 4 aromatic carbocycles. The molecule has 10 aromatic rings. The third-order valence-corrected chi connectivity index (χ3v) is 11.0. The number of anilines is 2. The van der Waals surface area contributed by atoms with Crippen LogP contribution in [0.25, 0.3) is 77.8 Å². The predicted octanol–water partition coefficient (Wildman–Crippen LogP) is 11.0. The summed E-state index contributed by atoms with van der Waals surface area (Å²) in [6.07, 6.45) is 4.39. The van der Waals surface area contributed by atoms with Gasteiger partial charge in [-0.15, -0.1) is 0 Å². The number of H-pyrrole nitrogens is 2. The fraction of sp³-hybridized carbons (Fsp3) is 0.0909. The number of aromatic nitrogens is 10. The molecule has 4 N–H and O–H groups in total. The molecule has 60 heavy (non-hydrogen) atoms. The molecule has 0 aliphatic rings. The lowest BCUT2D eigenvalue weighted by Gasteiger charge is -2.20. The van der Waals surface area contributed by atoms with Gasteiger partial charge in [-0.2, -0.15) is 0 Å². The Morgan fingerprint density at radius 1 is 0.567 bits per heavy atom. The van der Waals surface area contributed by atoms with Crippen LogP contribution in [0.1, 0.15) is 37.3 Å². The van der Waals surface area contributed by atoms with Gasteiger partial charge in [-0.3, -0.25) is 0 Å². The second kappa shape index (κ2) is 14.9. The fourth-order valence-electron chi connectivity index (χ4n) is 7.50. The van der Waals surface area contributed by atoms with Crippen molar-refractivity contribution < 1.29 is 8.78 Å². The van der Waals surface area contributed by atoms with Crippen molar-refractivity contribution in [1.82, 2.24) is 49.8 Å². The van der Waals surface area contributed by atoms with Gasteiger partial charge in [0.05, 0.1) is 40.8 Å². The Morgan fingerprint density at radius 2 is 1.15 bits per heavy atom. The summed E-state index contributed by atoms with van der Waals surface area (Å²) in [6.45, 7) is 3.88. The van der Waals surface area contributed by atoms with Crippen LogP contribution in [0.4, 0.5) is 20.4 Å². The van der Waals surface area contributed by atoms with Gasteiger partial charge in [0.15, 0.2) is 22.9 Å². The first-order chi connectivity index (χ1) is 29.2. The van der Waals surface area contributed by atoms with Crippen LogP contribution in [-0.2, 0) is 0 Å². The van der Waals surface area contributed by atoms with E-state index < -0.39 is 17.9 Å². The monoisotopic (exact) mass is 834 g/mol. The third-order valence-electron chi connectivity index (χ3n) is 10.3. The minimum atomic E-state index is -0.492. The Labute approximate surface area is 349 Å². The van der Waals surface area contributed by atoms with E-state index in [1.54, 1.807) is 24.5 Å². The Morgan fingerprint density at radius 3 is 1.82 bits per heavy atom. The van der Waals surface area contributed by atoms with E-state index in [-0.39, 0.29) is 5.82 Å². The minimum absolute atomic E-state index is 0.358. The molecule has 10 rings (SSSR count). The van der Waals surface area contributed by atoms with Gasteiger partial charge < -0.3 is 20.6 Å². The molecule has 0 amide bonds.